The zero-order valence-corrected chi connectivity index (χ0v) is 14.2. The number of rotatable bonds is 5. The van der Waals surface area contributed by atoms with Gasteiger partial charge in [0, 0.05) is 35.5 Å². The Morgan fingerprint density at radius 3 is 2.62 bits per heavy atom. The third-order valence-electron chi connectivity index (χ3n) is 4.04. The smallest absolute Gasteiger partial charge is 0.0454 e. The number of aryl methyl sites for hydroxylation is 1. The largest absolute Gasteiger partial charge is 0.344 e. The van der Waals surface area contributed by atoms with Gasteiger partial charge in [-0.1, -0.05) is 34.1 Å². The maximum Gasteiger partial charge on any atom is 0.0454 e. The molecule has 3 heteroatoms. The van der Waals surface area contributed by atoms with Gasteiger partial charge in [-0.3, -0.25) is 0 Å². The third-order valence-corrected chi connectivity index (χ3v) is 4.53. The van der Waals surface area contributed by atoms with Crippen LogP contribution in [0.5, 0.6) is 0 Å². The molecule has 0 aromatic heterocycles. The van der Waals surface area contributed by atoms with Crippen LogP contribution in [0.4, 0.5) is 11.4 Å². The number of halogens is 1. The van der Waals surface area contributed by atoms with Crippen molar-refractivity contribution in [3.8, 4) is 0 Å². The molecule has 0 unspecified atom stereocenters. The van der Waals surface area contributed by atoms with Gasteiger partial charge < -0.3 is 10.2 Å². The van der Waals surface area contributed by atoms with Crippen molar-refractivity contribution < 1.29 is 0 Å². The van der Waals surface area contributed by atoms with Gasteiger partial charge >= 0.3 is 0 Å². The maximum absolute atomic E-state index is 3.61. The Morgan fingerprint density at radius 1 is 1.14 bits per heavy atom. The molecule has 110 valence electrons. The molecule has 2 aromatic rings. The molecule has 1 fully saturated rings. The molecule has 3 rings (SSSR count). The summed E-state index contributed by atoms with van der Waals surface area (Å²) in [7, 11) is 2.15. The van der Waals surface area contributed by atoms with Crippen molar-refractivity contribution in [3.63, 3.8) is 0 Å². The number of anilines is 2. The molecule has 21 heavy (non-hydrogen) atoms. The van der Waals surface area contributed by atoms with Gasteiger partial charge in [0.1, 0.15) is 0 Å². The van der Waals surface area contributed by atoms with Gasteiger partial charge in [-0.05, 0) is 55.2 Å². The number of nitrogens with zero attached hydrogens (tertiary/aromatic N) is 1. The quantitative estimate of drug-likeness (QED) is 0.839. The Kier molecular flexibility index (Phi) is 4.32. The van der Waals surface area contributed by atoms with Crippen LogP contribution in [-0.2, 0) is 6.54 Å². The fraction of sp³-hybridized carbons (Fsp3) is 0.333. The zero-order valence-electron chi connectivity index (χ0n) is 12.6. The standard InChI is InChI=1S/C18H21BrN2/c1-13-5-3-4-6-17(13)21(2)18-10-7-15(19)11-14(18)12-20-16-8-9-16/h3-7,10-11,16,20H,8-9,12H2,1-2H3. The lowest BCUT2D eigenvalue weighted by Gasteiger charge is -2.25. The fourth-order valence-corrected chi connectivity index (χ4v) is 3.04. The molecule has 0 saturated heterocycles. The van der Waals surface area contributed by atoms with Crippen LogP contribution in [0, 0.1) is 6.92 Å². The van der Waals surface area contributed by atoms with Crippen molar-refractivity contribution in [1.82, 2.24) is 5.32 Å². The molecular weight excluding hydrogens is 324 g/mol. The topological polar surface area (TPSA) is 15.3 Å². The van der Waals surface area contributed by atoms with Crippen LogP contribution in [0.15, 0.2) is 46.9 Å². The van der Waals surface area contributed by atoms with E-state index in [1.165, 1.54) is 35.3 Å². The number of hydrogen-bond donors (Lipinski definition) is 1. The van der Waals surface area contributed by atoms with Crippen LogP contribution in [0.3, 0.4) is 0 Å². The van der Waals surface area contributed by atoms with Gasteiger partial charge in [0.05, 0.1) is 0 Å². The predicted molar refractivity (Wildman–Crippen MR) is 93.2 cm³/mol. The first-order chi connectivity index (χ1) is 10.1. The van der Waals surface area contributed by atoms with E-state index in [1.54, 1.807) is 0 Å². The van der Waals surface area contributed by atoms with E-state index >= 15 is 0 Å². The van der Waals surface area contributed by atoms with Crippen molar-refractivity contribution in [2.75, 3.05) is 11.9 Å². The summed E-state index contributed by atoms with van der Waals surface area (Å²) in [4.78, 5) is 2.28. The summed E-state index contributed by atoms with van der Waals surface area (Å²) >= 11 is 3.59. The molecule has 2 nitrogen and oxygen atoms in total. The molecular formula is C18H21BrN2. The van der Waals surface area contributed by atoms with E-state index < -0.39 is 0 Å². The van der Waals surface area contributed by atoms with Gasteiger partial charge in [0.2, 0.25) is 0 Å². The van der Waals surface area contributed by atoms with E-state index in [2.05, 4.69) is 82.6 Å². The molecule has 0 radical (unpaired) electrons. The summed E-state index contributed by atoms with van der Waals surface area (Å²) in [5.74, 6) is 0. The minimum absolute atomic E-state index is 0.723. The lowest BCUT2D eigenvalue weighted by molar-refractivity contribution is 0.687. The summed E-state index contributed by atoms with van der Waals surface area (Å²) in [6.07, 6.45) is 2.63. The zero-order chi connectivity index (χ0) is 14.8. The number of benzene rings is 2. The summed E-state index contributed by atoms with van der Waals surface area (Å²) in [5, 5.41) is 3.61. The Hall–Kier alpha value is -1.32. The van der Waals surface area contributed by atoms with Crippen molar-refractivity contribution in [1.29, 1.82) is 0 Å². The number of hydrogen-bond acceptors (Lipinski definition) is 2. The van der Waals surface area contributed by atoms with E-state index in [0.717, 1.165) is 17.1 Å². The summed E-state index contributed by atoms with van der Waals surface area (Å²) < 4.78 is 1.14. The first-order valence-electron chi connectivity index (χ1n) is 7.46. The van der Waals surface area contributed by atoms with Crippen LogP contribution in [0.2, 0.25) is 0 Å². The van der Waals surface area contributed by atoms with Crippen LogP contribution < -0.4 is 10.2 Å². The molecule has 2 aromatic carbocycles. The lowest BCUT2D eigenvalue weighted by Crippen LogP contribution is -2.19. The SMILES string of the molecule is Cc1ccccc1N(C)c1ccc(Br)cc1CNC1CC1. The molecule has 0 aliphatic heterocycles. The minimum Gasteiger partial charge on any atom is -0.344 e. The second kappa shape index (κ2) is 6.20. The average molecular weight is 345 g/mol. The van der Waals surface area contributed by atoms with Crippen molar-refractivity contribution >= 4 is 27.3 Å². The molecule has 1 saturated carbocycles. The third kappa shape index (κ3) is 3.47. The van der Waals surface area contributed by atoms with E-state index in [1.807, 2.05) is 0 Å². The first kappa shape index (κ1) is 14.6. The summed E-state index contributed by atoms with van der Waals surface area (Å²) in [6, 6.07) is 15.8. The average Bonchev–Trinajstić information content (AvgIpc) is 3.29. The van der Waals surface area contributed by atoms with Crippen LogP contribution in [-0.4, -0.2) is 13.1 Å². The van der Waals surface area contributed by atoms with Gasteiger partial charge in [0.15, 0.2) is 0 Å². The Balaban J connectivity index is 1.90. The molecule has 0 bridgehead atoms. The van der Waals surface area contributed by atoms with E-state index in [9.17, 15) is 0 Å². The molecule has 1 N–H and O–H groups in total. The highest BCUT2D eigenvalue weighted by Crippen LogP contribution is 2.31. The molecule has 0 atom stereocenters. The number of para-hydroxylation sites is 1. The molecule has 0 heterocycles. The lowest BCUT2D eigenvalue weighted by atomic mass is 10.1. The minimum atomic E-state index is 0.723. The first-order valence-corrected chi connectivity index (χ1v) is 8.25. The Morgan fingerprint density at radius 2 is 1.90 bits per heavy atom. The van der Waals surface area contributed by atoms with Crippen LogP contribution in [0.25, 0.3) is 0 Å². The van der Waals surface area contributed by atoms with E-state index in [0.29, 0.717) is 0 Å². The monoisotopic (exact) mass is 344 g/mol. The van der Waals surface area contributed by atoms with Gasteiger partial charge in [-0.2, -0.15) is 0 Å². The number of nitrogens with one attached hydrogen (secondary N) is 1. The van der Waals surface area contributed by atoms with Crippen LogP contribution in [0.1, 0.15) is 24.0 Å². The van der Waals surface area contributed by atoms with Gasteiger partial charge in [0.25, 0.3) is 0 Å². The Labute approximate surface area is 135 Å². The normalized spacial score (nSPS) is 14.2. The van der Waals surface area contributed by atoms with Crippen LogP contribution >= 0.6 is 15.9 Å². The fourth-order valence-electron chi connectivity index (χ4n) is 2.63. The van der Waals surface area contributed by atoms with E-state index in [4.69, 9.17) is 0 Å². The summed E-state index contributed by atoms with van der Waals surface area (Å²) in [5.41, 5.74) is 5.15. The van der Waals surface area contributed by atoms with Gasteiger partial charge in [-0.25, -0.2) is 0 Å². The molecule has 0 amide bonds. The molecule has 1 aliphatic carbocycles. The van der Waals surface area contributed by atoms with Crippen molar-refractivity contribution in [3.05, 3.63) is 58.1 Å². The highest BCUT2D eigenvalue weighted by Gasteiger charge is 2.21. The Bertz CT molecular complexity index is 635. The molecule has 0 spiro atoms. The second-order valence-corrected chi connectivity index (χ2v) is 6.69. The molecule has 1 aliphatic rings. The highest BCUT2D eigenvalue weighted by molar-refractivity contribution is 9.10. The second-order valence-electron chi connectivity index (χ2n) is 5.77. The van der Waals surface area contributed by atoms with Crippen molar-refractivity contribution in [2.45, 2.75) is 32.4 Å². The van der Waals surface area contributed by atoms with E-state index in [-0.39, 0.29) is 0 Å². The predicted octanol–water partition coefficient (Wildman–Crippen LogP) is 4.78. The maximum atomic E-state index is 3.61. The van der Waals surface area contributed by atoms with Crippen molar-refractivity contribution in [2.24, 2.45) is 0 Å². The van der Waals surface area contributed by atoms with Gasteiger partial charge in [-0.15, -0.1) is 0 Å². The highest BCUT2D eigenvalue weighted by atomic mass is 79.9. The summed E-state index contributed by atoms with van der Waals surface area (Å²) in [6.45, 7) is 3.09.